The lowest BCUT2D eigenvalue weighted by Gasteiger charge is -2.39. The Hall–Kier alpha value is -2.21. The third kappa shape index (κ3) is 9.28. The molecule has 0 amide bonds. The number of nitrogens with two attached hydrogens (primary N) is 1. The number of hydrogen-bond donors (Lipinski definition) is 2. The molecule has 3 N–H and O–H groups in total. The van der Waals surface area contributed by atoms with Crippen LogP contribution in [0.15, 0.2) is 71.9 Å². The molecule has 2 rings (SSSR count). The molecule has 1 saturated heterocycles. The number of ether oxygens (including phenoxy) is 2. The third-order valence-electron chi connectivity index (χ3n) is 6.14. The molecule has 2 aliphatic heterocycles. The smallest absolute Gasteiger partial charge is 0.331 e. The van der Waals surface area contributed by atoms with Gasteiger partial charge in [0.2, 0.25) is 0 Å². The number of carbonyl (C=O) groups excluding carboxylic acids is 1. The van der Waals surface area contributed by atoms with Crippen LogP contribution in [0.3, 0.4) is 0 Å². The number of aliphatic hydroxyl groups is 1. The summed E-state index contributed by atoms with van der Waals surface area (Å²) in [7, 11) is 0. The highest BCUT2D eigenvalue weighted by molar-refractivity contribution is 5.82. The fourth-order valence-electron chi connectivity index (χ4n) is 4.25. The summed E-state index contributed by atoms with van der Waals surface area (Å²) in [6.07, 6.45) is 20.3. The lowest BCUT2D eigenvalue weighted by Crippen LogP contribution is -2.49. The Morgan fingerprint density at radius 1 is 1.33 bits per heavy atom. The molecule has 5 nitrogen and oxygen atoms in total. The van der Waals surface area contributed by atoms with Crippen molar-refractivity contribution in [3.05, 3.63) is 71.9 Å². The fraction of sp³-hybridized carbons (Fsp3) is 0.536. The van der Waals surface area contributed by atoms with E-state index in [1.807, 2.05) is 49.5 Å². The minimum atomic E-state index is -0.686. The predicted molar refractivity (Wildman–Crippen MR) is 134 cm³/mol. The molecule has 0 radical (unpaired) electrons. The largest absolute Gasteiger partial charge is 0.455 e. The highest BCUT2D eigenvalue weighted by Crippen LogP contribution is 2.27. The third-order valence-corrected chi connectivity index (χ3v) is 6.14. The summed E-state index contributed by atoms with van der Waals surface area (Å²) in [5.74, 6) is 0.314. The Bertz CT molecular complexity index is 820. The molecule has 2 aliphatic rings. The van der Waals surface area contributed by atoms with Crippen molar-refractivity contribution in [2.24, 2.45) is 17.6 Å². The lowest BCUT2D eigenvalue weighted by atomic mass is 9.87. The lowest BCUT2D eigenvalue weighted by molar-refractivity contribution is -0.141. The van der Waals surface area contributed by atoms with Gasteiger partial charge in [0.05, 0.1) is 18.3 Å². The average Bonchev–Trinajstić information content (AvgIpc) is 2.75. The van der Waals surface area contributed by atoms with Crippen LogP contribution in [0.2, 0.25) is 0 Å². The number of esters is 1. The first-order valence-electron chi connectivity index (χ1n) is 12.0. The fourth-order valence-corrected chi connectivity index (χ4v) is 4.25. The monoisotopic (exact) mass is 455 g/mol. The molecule has 0 unspecified atom stereocenters. The van der Waals surface area contributed by atoms with Gasteiger partial charge in [-0.1, -0.05) is 73.6 Å². The summed E-state index contributed by atoms with van der Waals surface area (Å²) in [5.41, 5.74) is 8.64. The van der Waals surface area contributed by atoms with Crippen LogP contribution < -0.4 is 5.73 Å². The first-order valence-corrected chi connectivity index (χ1v) is 12.0. The van der Waals surface area contributed by atoms with E-state index in [0.717, 1.165) is 18.4 Å². The van der Waals surface area contributed by atoms with Gasteiger partial charge in [-0.3, -0.25) is 0 Å². The summed E-state index contributed by atoms with van der Waals surface area (Å²) < 4.78 is 11.3. The van der Waals surface area contributed by atoms with Crippen LogP contribution in [0.1, 0.15) is 53.9 Å². The minimum absolute atomic E-state index is 0.0110. The van der Waals surface area contributed by atoms with Crippen molar-refractivity contribution in [1.29, 1.82) is 0 Å². The first kappa shape index (κ1) is 27.0. The number of hydrogen-bond acceptors (Lipinski definition) is 5. The van der Waals surface area contributed by atoms with E-state index in [9.17, 15) is 9.90 Å². The van der Waals surface area contributed by atoms with E-state index in [1.165, 1.54) is 11.6 Å². The van der Waals surface area contributed by atoms with Gasteiger partial charge < -0.3 is 20.3 Å². The van der Waals surface area contributed by atoms with E-state index in [4.69, 9.17) is 15.2 Å². The van der Waals surface area contributed by atoms with Crippen LogP contribution in [-0.4, -0.2) is 41.5 Å². The zero-order valence-corrected chi connectivity index (χ0v) is 20.7. The van der Waals surface area contributed by atoms with Crippen LogP contribution in [0, 0.1) is 11.8 Å². The van der Waals surface area contributed by atoms with Crippen LogP contribution in [0.4, 0.5) is 0 Å². The van der Waals surface area contributed by atoms with E-state index in [1.54, 1.807) is 6.08 Å². The van der Waals surface area contributed by atoms with Gasteiger partial charge in [-0.05, 0) is 45.6 Å². The normalized spacial score (nSPS) is 31.5. The van der Waals surface area contributed by atoms with Crippen molar-refractivity contribution in [2.75, 3.05) is 0 Å². The van der Waals surface area contributed by atoms with Gasteiger partial charge >= 0.3 is 5.97 Å². The minimum Gasteiger partial charge on any atom is -0.455 e. The molecule has 0 spiro atoms. The van der Waals surface area contributed by atoms with Crippen molar-refractivity contribution in [3.63, 3.8) is 0 Å². The van der Waals surface area contributed by atoms with Gasteiger partial charge in [-0.25, -0.2) is 4.79 Å². The molecule has 2 heterocycles. The van der Waals surface area contributed by atoms with Crippen molar-refractivity contribution in [1.82, 2.24) is 0 Å². The summed E-state index contributed by atoms with van der Waals surface area (Å²) in [6.45, 7) is 10.4. The van der Waals surface area contributed by atoms with E-state index in [0.29, 0.717) is 12.3 Å². The van der Waals surface area contributed by atoms with Gasteiger partial charge in [0.15, 0.2) is 0 Å². The predicted octanol–water partition coefficient (Wildman–Crippen LogP) is 4.95. The zero-order valence-electron chi connectivity index (χ0n) is 20.7. The molecule has 5 heteroatoms. The van der Waals surface area contributed by atoms with Crippen LogP contribution in [-0.2, 0) is 14.3 Å². The molecule has 1 fully saturated rings. The molecular weight excluding hydrogens is 414 g/mol. The van der Waals surface area contributed by atoms with E-state index in [2.05, 4.69) is 33.8 Å². The van der Waals surface area contributed by atoms with Gasteiger partial charge in [0.25, 0.3) is 0 Å². The van der Waals surface area contributed by atoms with E-state index in [-0.39, 0.29) is 36.2 Å². The van der Waals surface area contributed by atoms with Gasteiger partial charge in [0, 0.05) is 24.5 Å². The topological polar surface area (TPSA) is 81.8 Å². The van der Waals surface area contributed by atoms with Gasteiger partial charge in [0.1, 0.15) is 6.10 Å². The Morgan fingerprint density at radius 2 is 2.09 bits per heavy atom. The number of cyclic esters (lactones) is 1. The quantitative estimate of drug-likeness (QED) is 0.292. The summed E-state index contributed by atoms with van der Waals surface area (Å²) in [4.78, 5) is 11.3. The molecule has 182 valence electrons. The van der Waals surface area contributed by atoms with Crippen LogP contribution >= 0.6 is 0 Å². The summed E-state index contributed by atoms with van der Waals surface area (Å²) in [5, 5.41) is 10.6. The van der Waals surface area contributed by atoms with Gasteiger partial charge in [-0.2, -0.15) is 0 Å². The molecule has 0 aromatic carbocycles. The summed E-state index contributed by atoms with van der Waals surface area (Å²) >= 11 is 0. The van der Waals surface area contributed by atoms with E-state index >= 15 is 0 Å². The molecule has 0 aromatic rings. The van der Waals surface area contributed by atoms with Crippen molar-refractivity contribution in [3.8, 4) is 0 Å². The maximum absolute atomic E-state index is 11.3. The Labute approximate surface area is 199 Å². The first-order chi connectivity index (χ1) is 15.7. The molecule has 0 bridgehead atoms. The highest BCUT2D eigenvalue weighted by atomic mass is 16.5. The second-order valence-corrected chi connectivity index (χ2v) is 9.38. The maximum Gasteiger partial charge on any atom is 0.331 e. The summed E-state index contributed by atoms with van der Waals surface area (Å²) in [6, 6.07) is 0.0110. The van der Waals surface area contributed by atoms with Crippen LogP contribution in [0.25, 0.3) is 0 Å². The molecule has 7 atom stereocenters. The van der Waals surface area contributed by atoms with Crippen molar-refractivity contribution >= 4 is 5.97 Å². The Kier molecular flexibility index (Phi) is 11.0. The molecule has 33 heavy (non-hydrogen) atoms. The standard InChI is InChI=1S/C28H41NO4/c1-6-9-26-22(5)24(29)18-27(33-26)25(30)12-7-10-19(2)16-21(4)17-20(3)14-15-23-11-8-13-28(31)32-23/h6-10,12-15,17,21-27,30H,11,16,18,29H2,1-5H3/b9-6+,12-7+,15-14+,19-10+,20-17-/t21-,22+,23-,24-,25-,26+,27+/m1/s1. The van der Waals surface area contributed by atoms with Crippen molar-refractivity contribution < 1.29 is 19.4 Å². The number of rotatable bonds is 9. The number of aliphatic hydroxyl groups excluding tert-OH is 1. The van der Waals surface area contributed by atoms with Crippen LogP contribution in [0.5, 0.6) is 0 Å². The number of allylic oxidation sites excluding steroid dienone is 7. The molecule has 0 aliphatic carbocycles. The average molecular weight is 456 g/mol. The SMILES string of the molecule is C/C=C/[C@@H]1O[C@H]([C@H](O)/C=C/C=C(\C)C[C@@H](C)/C=C(C)\C=C\[C@H]2CC=CC(=O)O2)C[C@@H](N)[C@@H]1C. The molecule has 0 saturated carbocycles. The zero-order chi connectivity index (χ0) is 24.4. The molecular formula is C28H41NO4. The second-order valence-electron chi connectivity index (χ2n) is 9.38. The van der Waals surface area contributed by atoms with Crippen molar-refractivity contribution in [2.45, 2.75) is 84.3 Å². The van der Waals surface area contributed by atoms with E-state index < -0.39 is 6.10 Å². The number of carbonyl (C=O) groups is 1. The maximum atomic E-state index is 11.3. The molecule has 0 aromatic heterocycles. The second kappa shape index (κ2) is 13.5. The Morgan fingerprint density at radius 3 is 2.79 bits per heavy atom. The van der Waals surface area contributed by atoms with Gasteiger partial charge in [-0.15, -0.1) is 0 Å². The highest BCUT2D eigenvalue weighted by Gasteiger charge is 2.35. The Balaban J connectivity index is 1.85.